The van der Waals surface area contributed by atoms with Gasteiger partial charge in [-0.1, -0.05) is 29.8 Å². The van der Waals surface area contributed by atoms with Crippen molar-refractivity contribution >= 4 is 34.5 Å². The number of aromatic amines is 2. The van der Waals surface area contributed by atoms with Crippen molar-refractivity contribution in [1.29, 1.82) is 0 Å². The van der Waals surface area contributed by atoms with Crippen molar-refractivity contribution in [2.45, 2.75) is 6.92 Å². The molecule has 0 saturated heterocycles. The molecule has 0 unspecified atom stereocenters. The Morgan fingerprint density at radius 2 is 1.74 bits per heavy atom. The Labute approximate surface area is 154 Å². The maximum absolute atomic E-state index is 12.6. The molecule has 8 heteroatoms. The highest BCUT2D eigenvalue weighted by Gasteiger charge is 2.21. The highest BCUT2D eigenvalue weighted by molar-refractivity contribution is 6.13. The molecule has 0 radical (unpaired) electrons. The lowest BCUT2D eigenvalue weighted by Crippen LogP contribution is -2.20. The van der Waals surface area contributed by atoms with Crippen LogP contribution in [0.2, 0.25) is 0 Å². The van der Waals surface area contributed by atoms with Crippen molar-refractivity contribution in [3.05, 3.63) is 71.8 Å². The molecule has 2 amide bonds. The fourth-order valence-electron chi connectivity index (χ4n) is 2.65. The number of carbonyl (C=O) groups is 2. The summed E-state index contributed by atoms with van der Waals surface area (Å²) in [5.41, 5.74) is 3.30. The average molecular weight is 360 g/mol. The van der Waals surface area contributed by atoms with Gasteiger partial charge in [0.15, 0.2) is 5.69 Å². The van der Waals surface area contributed by atoms with E-state index in [1.165, 1.54) is 6.33 Å². The smallest absolute Gasteiger partial charge is 0.276 e. The molecular formula is C19H16N6O2. The van der Waals surface area contributed by atoms with E-state index in [1.54, 1.807) is 12.1 Å². The predicted octanol–water partition coefficient (Wildman–Crippen LogP) is 3.10. The number of hydrogen-bond donors (Lipinski definition) is 4. The molecule has 0 spiro atoms. The van der Waals surface area contributed by atoms with Crippen LogP contribution in [0, 0.1) is 6.92 Å². The summed E-state index contributed by atoms with van der Waals surface area (Å²) >= 11 is 0. The molecule has 0 aliphatic heterocycles. The number of para-hydroxylation sites is 2. The van der Waals surface area contributed by atoms with Gasteiger partial charge < -0.3 is 15.3 Å². The van der Waals surface area contributed by atoms with Crippen LogP contribution in [0.1, 0.15) is 26.5 Å². The van der Waals surface area contributed by atoms with Crippen LogP contribution in [0.5, 0.6) is 0 Å². The molecule has 0 saturated carbocycles. The molecule has 134 valence electrons. The zero-order valence-corrected chi connectivity index (χ0v) is 14.4. The average Bonchev–Trinajstić information content (AvgIpc) is 3.29. The Balaban J connectivity index is 1.52. The minimum atomic E-state index is -0.513. The summed E-state index contributed by atoms with van der Waals surface area (Å²) in [6.07, 6.45) is 1.30. The zero-order valence-electron chi connectivity index (χ0n) is 14.4. The highest BCUT2D eigenvalue weighted by atomic mass is 16.2. The van der Waals surface area contributed by atoms with Gasteiger partial charge in [0.1, 0.15) is 5.69 Å². The van der Waals surface area contributed by atoms with Gasteiger partial charge in [0.2, 0.25) is 5.95 Å². The van der Waals surface area contributed by atoms with E-state index in [2.05, 4.69) is 30.6 Å². The standard InChI is InChI=1S/C19H16N6O2/c1-11-6-8-12(9-7-11)22-17(26)15-16(21-10-20-15)18(27)25-19-23-13-4-2-3-5-14(13)24-19/h2-10H,1H3,(H,20,21)(H,22,26)(H2,23,24,25,27). The number of carbonyl (C=O) groups excluding carboxylic acids is 2. The van der Waals surface area contributed by atoms with Crippen LogP contribution in [0.3, 0.4) is 0 Å². The van der Waals surface area contributed by atoms with Crippen molar-refractivity contribution in [2.24, 2.45) is 0 Å². The van der Waals surface area contributed by atoms with Crippen LogP contribution in [-0.2, 0) is 0 Å². The second kappa shape index (κ2) is 6.75. The van der Waals surface area contributed by atoms with Crippen LogP contribution < -0.4 is 10.6 Å². The molecule has 0 fully saturated rings. The van der Waals surface area contributed by atoms with Gasteiger partial charge in [-0.3, -0.25) is 14.9 Å². The molecule has 4 aromatic rings. The fraction of sp³-hybridized carbons (Fsp3) is 0.0526. The normalized spacial score (nSPS) is 10.7. The van der Waals surface area contributed by atoms with Crippen LogP contribution in [0.25, 0.3) is 11.0 Å². The highest BCUT2D eigenvalue weighted by Crippen LogP contribution is 2.15. The second-order valence-electron chi connectivity index (χ2n) is 6.00. The predicted molar refractivity (Wildman–Crippen MR) is 102 cm³/mol. The maximum atomic E-state index is 12.6. The molecule has 27 heavy (non-hydrogen) atoms. The first kappa shape index (κ1) is 16.5. The first-order valence-electron chi connectivity index (χ1n) is 8.27. The molecule has 0 atom stereocenters. The van der Waals surface area contributed by atoms with E-state index in [1.807, 2.05) is 43.3 Å². The number of anilines is 2. The number of nitrogens with zero attached hydrogens (tertiary/aromatic N) is 2. The number of nitrogens with one attached hydrogen (secondary N) is 4. The van der Waals surface area contributed by atoms with Crippen LogP contribution in [0.4, 0.5) is 11.6 Å². The minimum absolute atomic E-state index is 0.00388. The number of imidazole rings is 2. The van der Waals surface area contributed by atoms with Crippen LogP contribution >= 0.6 is 0 Å². The Morgan fingerprint density at radius 1 is 0.963 bits per heavy atom. The summed E-state index contributed by atoms with van der Waals surface area (Å²) in [6.45, 7) is 1.96. The van der Waals surface area contributed by atoms with Crippen molar-refractivity contribution < 1.29 is 9.59 Å². The summed E-state index contributed by atoms with van der Waals surface area (Å²) < 4.78 is 0. The summed E-state index contributed by atoms with van der Waals surface area (Å²) in [4.78, 5) is 39.0. The maximum Gasteiger partial charge on any atom is 0.276 e. The van der Waals surface area contributed by atoms with Crippen molar-refractivity contribution in [1.82, 2.24) is 19.9 Å². The van der Waals surface area contributed by atoms with Crippen LogP contribution in [0.15, 0.2) is 54.9 Å². The van der Waals surface area contributed by atoms with E-state index in [9.17, 15) is 9.59 Å². The summed E-state index contributed by atoms with van der Waals surface area (Å²) in [7, 11) is 0. The number of aromatic nitrogens is 4. The third kappa shape index (κ3) is 3.40. The minimum Gasteiger partial charge on any atom is -0.340 e. The molecule has 0 aliphatic carbocycles. The second-order valence-corrected chi connectivity index (χ2v) is 6.00. The Morgan fingerprint density at radius 3 is 2.52 bits per heavy atom. The van der Waals surface area contributed by atoms with Gasteiger partial charge >= 0.3 is 0 Å². The Hall–Kier alpha value is -3.94. The molecule has 8 nitrogen and oxygen atoms in total. The molecule has 4 N–H and O–H groups in total. The summed E-state index contributed by atoms with van der Waals surface area (Å²) in [5.74, 6) is -0.698. The van der Waals surface area contributed by atoms with Gasteiger partial charge in [0.25, 0.3) is 11.8 Å². The largest absolute Gasteiger partial charge is 0.340 e. The molecule has 2 heterocycles. The number of aryl methyl sites for hydroxylation is 1. The quantitative estimate of drug-likeness (QED) is 0.447. The fourth-order valence-corrected chi connectivity index (χ4v) is 2.65. The van der Waals surface area contributed by atoms with Gasteiger partial charge in [0, 0.05) is 5.69 Å². The van der Waals surface area contributed by atoms with Crippen molar-refractivity contribution in [3.8, 4) is 0 Å². The SMILES string of the molecule is Cc1ccc(NC(=O)c2nc[nH]c2C(=O)Nc2nc3ccccc3[nH]2)cc1. The topological polar surface area (TPSA) is 116 Å². The molecule has 0 bridgehead atoms. The van der Waals surface area contributed by atoms with Crippen molar-refractivity contribution in [3.63, 3.8) is 0 Å². The number of rotatable bonds is 4. The lowest BCUT2D eigenvalue weighted by molar-refractivity contribution is 0.0985. The van der Waals surface area contributed by atoms with E-state index in [-0.39, 0.29) is 11.4 Å². The van der Waals surface area contributed by atoms with Gasteiger partial charge in [-0.05, 0) is 31.2 Å². The van der Waals surface area contributed by atoms with Crippen LogP contribution in [-0.4, -0.2) is 31.8 Å². The monoisotopic (exact) mass is 360 g/mol. The van der Waals surface area contributed by atoms with E-state index in [0.29, 0.717) is 11.6 Å². The third-order valence-electron chi connectivity index (χ3n) is 4.01. The van der Waals surface area contributed by atoms with E-state index in [0.717, 1.165) is 16.6 Å². The van der Waals surface area contributed by atoms with E-state index in [4.69, 9.17) is 0 Å². The molecule has 2 aromatic heterocycles. The number of benzene rings is 2. The van der Waals surface area contributed by atoms with Gasteiger partial charge in [-0.2, -0.15) is 0 Å². The van der Waals surface area contributed by atoms with Crippen molar-refractivity contribution in [2.75, 3.05) is 10.6 Å². The zero-order chi connectivity index (χ0) is 18.8. The van der Waals surface area contributed by atoms with Gasteiger partial charge in [0.05, 0.1) is 17.4 Å². The number of amides is 2. The Kier molecular flexibility index (Phi) is 4.13. The number of hydrogen-bond acceptors (Lipinski definition) is 4. The molecular weight excluding hydrogens is 344 g/mol. The lowest BCUT2D eigenvalue weighted by Gasteiger charge is -2.05. The number of fused-ring (bicyclic) bond motifs is 1. The summed E-state index contributed by atoms with van der Waals surface area (Å²) in [5, 5.41) is 5.37. The van der Waals surface area contributed by atoms with Gasteiger partial charge in [-0.15, -0.1) is 0 Å². The first-order chi connectivity index (χ1) is 13.1. The number of H-pyrrole nitrogens is 2. The third-order valence-corrected chi connectivity index (χ3v) is 4.01. The lowest BCUT2D eigenvalue weighted by atomic mass is 10.2. The van der Waals surface area contributed by atoms with E-state index < -0.39 is 11.8 Å². The van der Waals surface area contributed by atoms with E-state index >= 15 is 0 Å². The Bertz CT molecular complexity index is 1090. The van der Waals surface area contributed by atoms with Gasteiger partial charge in [-0.25, -0.2) is 9.97 Å². The molecule has 2 aromatic carbocycles. The summed E-state index contributed by atoms with van der Waals surface area (Å²) in [6, 6.07) is 14.8. The molecule has 4 rings (SSSR count). The first-order valence-corrected chi connectivity index (χ1v) is 8.27. The molecule has 0 aliphatic rings.